The van der Waals surface area contributed by atoms with Crippen LogP contribution in [-0.2, 0) is 32.0 Å². The third-order valence-corrected chi connectivity index (χ3v) is 5.77. The average molecular weight is 572 g/mol. The molecule has 0 fully saturated rings. The number of carbonyl (C=O) groups is 4. The molecule has 220 valence electrons. The van der Waals surface area contributed by atoms with Gasteiger partial charge in [-0.3, -0.25) is 14.4 Å². The van der Waals surface area contributed by atoms with Gasteiger partial charge < -0.3 is 37.2 Å². The van der Waals surface area contributed by atoms with E-state index in [2.05, 4.69) is 26.4 Å². The Kier molecular flexibility index (Phi) is 12.5. The highest BCUT2D eigenvalue weighted by molar-refractivity contribution is 5.93. The molecule has 0 aliphatic rings. The first kappa shape index (κ1) is 32.0. The number of aromatic hydroxyl groups is 1. The van der Waals surface area contributed by atoms with Gasteiger partial charge in [0.25, 0.3) is 5.96 Å². The van der Waals surface area contributed by atoms with Gasteiger partial charge in [-0.25, -0.2) is 14.9 Å². The molecule has 15 nitrogen and oxygen atoms in total. The highest BCUT2D eigenvalue weighted by Crippen LogP contribution is 2.12. The van der Waals surface area contributed by atoms with E-state index in [1.54, 1.807) is 42.5 Å². The maximum atomic E-state index is 13.3. The lowest BCUT2D eigenvalue weighted by Gasteiger charge is -2.24. The SMILES string of the molecule is CC(=O)N[C@@H](Cc1ccc(O)cc1)C(=O)N[C@H](Cc1ccccc1)C(=O)N[C@@H](CCCNC(N)=N[N+](=O)[O-])C(=O)O. The van der Waals surface area contributed by atoms with Gasteiger partial charge in [0.05, 0.1) is 0 Å². The zero-order valence-electron chi connectivity index (χ0n) is 22.3. The number of carbonyl (C=O) groups excluding carboxylic acids is 3. The second kappa shape index (κ2) is 16.0. The van der Waals surface area contributed by atoms with Crippen molar-refractivity contribution >= 4 is 29.7 Å². The number of hydrazone groups is 1. The minimum absolute atomic E-state index is 0.0332. The van der Waals surface area contributed by atoms with Crippen molar-refractivity contribution < 1.29 is 34.4 Å². The Labute approximate surface area is 235 Å². The van der Waals surface area contributed by atoms with E-state index in [0.29, 0.717) is 11.1 Å². The summed E-state index contributed by atoms with van der Waals surface area (Å²) in [6.07, 6.45) is 0.213. The number of aliphatic carboxylic acids is 1. The summed E-state index contributed by atoms with van der Waals surface area (Å²) in [6, 6.07) is 11.2. The molecule has 0 radical (unpaired) electrons. The molecular weight excluding hydrogens is 538 g/mol. The first-order chi connectivity index (χ1) is 19.4. The number of nitro groups is 1. The molecule has 41 heavy (non-hydrogen) atoms. The van der Waals surface area contributed by atoms with Crippen LogP contribution in [0, 0.1) is 10.1 Å². The molecule has 0 aromatic heterocycles. The normalized spacial score (nSPS) is 13.2. The molecule has 2 rings (SSSR count). The molecule has 2 aromatic carbocycles. The molecule has 0 aliphatic heterocycles. The molecule has 0 spiro atoms. The van der Waals surface area contributed by atoms with Crippen molar-refractivity contribution in [3.63, 3.8) is 0 Å². The molecule has 3 amide bonds. The fourth-order valence-corrected chi connectivity index (χ4v) is 3.83. The highest BCUT2D eigenvalue weighted by Gasteiger charge is 2.29. The number of phenolic OH excluding ortho intramolecular Hbond substituents is 1. The number of guanidine groups is 1. The second-order valence-corrected chi connectivity index (χ2v) is 9.07. The van der Waals surface area contributed by atoms with E-state index in [0.717, 1.165) is 0 Å². The van der Waals surface area contributed by atoms with Crippen LogP contribution in [-0.4, -0.2) is 69.6 Å². The van der Waals surface area contributed by atoms with Gasteiger partial charge in [-0.2, -0.15) is 0 Å². The van der Waals surface area contributed by atoms with E-state index in [-0.39, 0.29) is 38.0 Å². The maximum absolute atomic E-state index is 13.3. The Morgan fingerprint density at radius 1 is 0.902 bits per heavy atom. The molecule has 0 saturated carbocycles. The molecule has 0 heterocycles. The number of hydrogen-bond acceptors (Lipinski definition) is 7. The fourth-order valence-electron chi connectivity index (χ4n) is 3.83. The molecule has 0 bridgehead atoms. The summed E-state index contributed by atoms with van der Waals surface area (Å²) < 4.78 is 0. The van der Waals surface area contributed by atoms with Crippen molar-refractivity contribution in [3.05, 3.63) is 75.8 Å². The van der Waals surface area contributed by atoms with Crippen LogP contribution < -0.4 is 27.0 Å². The van der Waals surface area contributed by atoms with Crippen LogP contribution in [0.3, 0.4) is 0 Å². The Morgan fingerprint density at radius 3 is 1.98 bits per heavy atom. The zero-order valence-corrected chi connectivity index (χ0v) is 22.3. The van der Waals surface area contributed by atoms with Crippen LogP contribution >= 0.6 is 0 Å². The van der Waals surface area contributed by atoms with Crippen LogP contribution in [0.15, 0.2) is 59.7 Å². The molecule has 0 unspecified atom stereocenters. The van der Waals surface area contributed by atoms with E-state index in [9.17, 15) is 39.5 Å². The Morgan fingerprint density at radius 2 is 1.44 bits per heavy atom. The van der Waals surface area contributed by atoms with Crippen LogP contribution in [0.4, 0.5) is 0 Å². The van der Waals surface area contributed by atoms with Crippen molar-refractivity contribution in [1.82, 2.24) is 21.3 Å². The molecular formula is C26H33N7O8. The van der Waals surface area contributed by atoms with Gasteiger partial charge >= 0.3 is 5.97 Å². The molecule has 0 aliphatic carbocycles. The zero-order chi connectivity index (χ0) is 30.4. The van der Waals surface area contributed by atoms with E-state index in [1.165, 1.54) is 19.1 Å². The number of rotatable bonds is 15. The fraction of sp³-hybridized carbons (Fsp3) is 0.346. The van der Waals surface area contributed by atoms with Gasteiger partial charge in [0, 0.05) is 26.3 Å². The third kappa shape index (κ3) is 12.0. The predicted molar refractivity (Wildman–Crippen MR) is 147 cm³/mol. The largest absolute Gasteiger partial charge is 0.508 e. The van der Waals surface area contributed by atoms with Gasteiger partial charge in [0.1, 0.15) is 29.0 Å². The first-order valence-electron chi connectivity index (χ1n) is 12.6. The first-order valence-corrected chi connectivity index (χ1v) is 12.6. The molecule has 15 heteroatoms. The number of hydrogen-bond donors (Lipinski definition) is 7. The van der Waals surface area contributed by atoms with Crippen molar-refractivity contribution in [2.75, 3.05) is 6.54 Å². The van der Waals surface area contributed by atoms with Crippen molar-refractivity contribution in [1.29, 1.82) is 0 Å². The van der Waals surface area contributed by atoms with Crippen molar-refractivity contribution in [3.8, 4) is 5.75 Å². The van der Waals surface area contributed by atoms with E-state index in [4.69, 9.17) is 5.73 Å². The number of phenols is 1. The summed E-state index contributed by atoms with van der Waals surface area (Å²) in [4.78, 5) is 60.6. The number of nitrogens with one attached hydrogen (secondary N) is 4. The molecule has 8 N–H and O–H groups in total. The van der Waals surface area contributed by atoms with Gasteiger partial charge in [0.15, 0.2) is 5.03 Å². The monoisotopic (exact) mass is 571 g/mol. The third-order valence-electron chi connectivity index (χ3n) is 5.77. The second-order valence-electron chi connectivity index (χ2n) is 9.07. The lowest BCUT2D eigenvalue weighted by Crippen LogP contribution is -2.56. The van der Waals surface area contributed by atoms with Gasteiger partial charge in [-0.15, -0.1) is 0 Å². The Bertz CT molecular complexity index is 1240. The van der Waals surface area contributed by atoms with Crippen LogP contribution in [0.1, 0.15) is 30.9 Å². The number of carboxylic acid groups (broad SMARTS) is 1. The lowest BCUT2D eigenvalue weighted by molar-refractivity contribution is -0.485. The average Bonchev–Trinajstić information content (AvgIpc) is 2.90. The van der Waals surface area contributed by atoms with E-state index < -0.39 is 52.8 Å². The van der Waals surface area contributed by atoms with Gasteiger partial charge in [-0.05, 0) is 36.1 Å². The minimum Gasteiger partial charge on any atom is -0.508 e. The summed E-state index contributed by atoms with van der Waals surface area (Å²) in [6.45, 7) is 1.30. The Hall–Kier alpha value is -5.21. The lowest BCUT2D eigenvalue weighted by atomic mass is 10.0. The molecule has 0 saturated heterocycles. The van der Waals surface area contributed by atoms with E-state index >= 15 is 0 Å². The number of carboxylic acids is 1. The number of amides is 3. The molecule has 3 atom stereocenters. The van der Waals surface area contributed by atoms with Crippen molar-refractivity contribution in [2.24, 2.45) is 10.8 Å². The number of nitrogens with zero attached hydrogens (tertiary/aromatic N) is 2. The van der Waals surface area contributed by atoms with Gasteiger partial charge in [-0.1, -0.05) is 42.5 Å². The van der Waals surface area contributed by atoms with Crippen LogP contribution in [0.5, 0.6) is 5.75 Å². The number of nitrogens with two attached hydrogens (primary N) is 1. The maximum Gasteiger partial charge on any atom is 0.326 e. The summed E-state index contributed by atoms with van der Waals surface area (Å²) >= 11 is 0. The number of benzene rings is 2. The van der Waals surface area contributed by atoms with Crippen LogP contribution in [0.2, 0.25) is 0 Å². The predicted octanol–water partition coefficient (Wildman–Crippen LogP) is -0.387. The summed E-state index contributed by atoms with van der Waals surface area (Å²) in [5, 5.41) is 41.5. The summed E-state index contributed by atoms with van der Waals surface area (Å²) in [5.74, 6) is -3.64. The summed E-state index contributed by atoms with van der Waals surface area (Å²) in [5.41, 5.74) is 6.67. The Balaban J connectivity index is 2.16. The quantitative estimate of drug-likeness (QED) is 0.0480. The van der Waals surface area contributed by atoms with Gasteiger partial charge in [0.2, 0.25) is 17.7 Å². The smallest absolute Gasteiger partial charge is 0.326 e. The highest BCUT2D eigenvalue weighted by atomic mass is 16.7. The van der Waals surface area contributed by atoms with Crippen molar-refractivity contribution in [2.45, 2.75) is 50.7 Å². The minimum atomic E-state index is -1.34. The standard InChI is InChI=1S/C26H33N7O8/c1-16(34)29-21(15-18-9-11-19(35)12-10-18)23(36)31-22(14-17-6-3-2-4-7-17)24(37)30-20(25(38)39)8-5-13-28-26(27)32-33(40)41/h2-4,6-7,9-12,20-22,35H,5,8,13-15H2,1H3,(H,29,34)(H,30,37)(H,31,36)(H,38,39)(H3,27,28,32)/t20-,21-,22+/m0/s1. The summed E-state index contributed by atoms with van der Waals surface area (Å²) in [7, 11) is 0. The topological polar surface area (TPSA) is 238 Å². The van der Waals surface area contributed by atoms with E-state index in [1.807, 2.05) is 0 Å². The van der Waals surface area contributed by atoms with Crippen LogP contribution in [0.25, 0.3) is 0 Å². The molecule has 2 aromatic rings.